The van der Waals surface area contributed by atoms with Crippen LogP contribution in [0.15, 0.2) is 18.2 Å². The molecule has 1 aromatic rings. The normalized spacial score (nSPS) is 16.5. The van der Waals surface area contributed by atoms with Crippen molar-refractivity contribution in [3.8, 4) is 5.75 Å². The SMILES string of the molecule is CC(C)(C)CCCCc1cc(CCCCC2(C)CC2)ccc1O. The topological polar surface area (TPSA) is 20.2 Å². The Kier molecular flexibility index (Phi) is 6.17. The molecule has 1 N–H and O–H groups in total. The average Bonchev–Trinajstić information content (AvgIpc) is 3.19. The fourth-order valence-corrected chi connectivity index (χ4v) is 3.31. The molecule has 0 aliphatic heterocycles. The molecular formula is C22H36O. The second-order valence-electron chi connectivity index (χ2n) is 9.25. The summed E-state index contributed by atoms with van der Waals surface area (Å²) >= 11 is 0. The first kappa shape index (κ1) is 18.4. The third-order valence-electron chi connectivity index (χ3n) is 5.37. The fraction of sp³-hybridized carbons (Fsp3) is 0.727. The molecule has 1 nitrogen and oxygen atoms in total. The largest absolute Gasteiger partial charge is 0.508 e. The predicted molar refractivity (Wildman–Crippen MR) is 100 cm³/mol. The molecular weight excluding hydrogens is 280 g/mol. The number of aromatic hydroxyl groups is 1. The molecule has 2 rings (SSSR count). The Morgan fingerprint density at radius 2 is 1.70 bits per heavy atom. The quantitative estimate of drug-likeness (QED) is 0.505. The van der Waals surface area contributed by atoms with Crippen LogP contribution in [-0.2, 0) is 12.8 Å². The predicted octanol–water partition coefficient (Wildman–Crippen LogP) is 6.66. The minimum Gasteiger partial charge on any atom is -0.508 e. The summed E-state index contributed by atoms with van der Waals surface area (Å²) < 4.78 is 0. The van der Waals surface area contributed by atoms with Crippen molar-refractivity contribution in [2.45, 2.75) is 91.9 Å². The van der Waals surface area contributed by atoms with E-state index in [4.69, 9.17) is 0 Å². The van der Waals surface area contributed by atoms with Crippen LogP contribution in [0.5, 0.6) is 5.75 Å². The molecule has 1 aromatic carbocycles. The summed E-state index contributed by atoms with van der Waals surface area (Å²) in [5.41, 5.74) is 3.65. The van der Waals surface area contributed by atoms with Crippen LogP contribution in [0.1, 0.15) is 90.2 Å². The van der Waals surface area contributed by atoms with Crippen molar-refractivity contribution in [1.82, 2.24) is 0 Å². The summed E-state index contributed by atoms with van der Waals surface area (Å²) in [6.07, 6.45) is 12.7. The molecule has 0 aromatic heterocycles. The molecule has 130 valence electrons. The van der Waals surface area contributed by atoms with Gasteiger partial charge in [-0.3, -0.25) is 0 Å². The molecule has 0 amide bonds. The van der Waals surface area contributed by atoms with E-state index in [0.29, 0.717) is 16.6 Å². The molecule has 0 bridgehead atoms. The van der Waals surface area contributed by atoms with Gasteiger partial charge in [0.25, 0.3) is 0 Å². The van der Waals surface area contributed by atoms with Gasteiger partial charge in [-0.2, -0.15) is 0 Å². The maximum absolute atomic E-state index is 10.1. The summed E-state index contributed by atoms with van der Waals surface area (Å²) in [6, 6.07) is 6.24. The molecule has 0 spiro atoms. The van der Waals surface area contributed by atoms with Gasteiger partial charge >= 0.3 is 0 Å². The standard InChI is InChI=1S/C22H36O/c1-21(2,3)13-7-6-10-19-17-18(11-12-20(19)23)9-5-8-14-22(4)15-16-22/h11-12,17,23H,5-10,13-16H2,1-4H3. The number of phenols is 1. The highest BCUT2D eigenvalue weighted by Gasteiger charge is 2.35. The van der Waals surface area contributed by atoms with E-state index >= 15 is 0 Å². The Hall–Kier alpha value is -0.980. The monoisotopic (exact) mass is 316 g/mol. The number of hydrogen-bond donors (Lipinski definition) is 1. The van der Waals surface area contributed by atoms with Crippen LogP contribution < -0.4 is 0 Å². The highest BCUT2D eigenvalue weighted by Crippen LogP contribution is 2.49. The second-order valence-corrected chi connectivity index (χ2v) is 9.25. The van der Waals surface area contributed by atoms with Gasteiger partial charge in [0.1, 0.15) is 5.75 Å². The van der Waals surface area contributed by atoms with Crippen LogP contribution in [0.3, 0.4) is 0 Å². The highest BCUT2D eigenvalue weighted by molar-refractivity contribution is 5.36. The Balaban J connectivity index is 1.73. The van der Waals surface area contributed by atoms with Crippen molar-refractivity contribution >= 4 is 0 Å². The molecule has 1 heteroatoms. The molecule has 1 fully saturated rings. The van der Waals surface area contributed by atoms with Crippen molar-refractivity contribution in [3.63, 3.8) is 0 Å². The summed E-state index contributed by atoms with van der Waals surface area (Å²) in [5.74, 6) is 0.481. The third-order valence-corrected chi connectivity index (χ3v) is 5.37. The Labute approximate surface area is 143 Å². The van der Waals surface area contributed by atoms with E-state index in [1.807, 2.05) is 6.07 Å². The van der Waals surface area contributed by atoms with E-state index in [1.165, 1.54) is 56.9 Å². The molecule has 1 aliphatic carbocycles. The van der Waals surface area contributed by atoms with Gasteiger partial charge in [-0.05, 0) is 79.4 Å². The maximum Gasteiger partial charge on any atom is 0.118 e. The minimum atomic E-state index is 0.419. The summed E-state index contributed by atoms with van der Waals surface area (Å²) in [5, 5.41) is 10.1. The second kappa shape index (κ2) is 7.73. The lowest BCUT2D eigenvalue weighted by molar-refractivity contribution is 0.360. The van der Waals surface area contributed by atoms with Crippen LogP contribution in [0, 0.1) is 10.8 Å². The lowest BCUT2D eigenvalue weighted by Crippen LogP contribution is -2.04. The molecule has 1 saturated carbocycles. The number of aryl methyl sites for hydroxylation is 2. The van der Waals surface area contributed by atoms with Crippen LogP contribution in [-0.4, -0.2) is 5.11 Å². The van der Waals surface area contributed by atoms with Crippen molar-refractivity contribution in [2.24, 2.45) is 10.8 Å². The van der Waals surface area contributed by atoms with E-state index in [1.54, 1.807) is 0 Å². The van der Waals surface area contributed by atoms with E-state index in [-0.39, 0.29) is 0 Å². The van der Waals surface area contributed by atoms with Crippen LogP contribution in [0.4, 0.5) is 0 Å². The summed E-state index contributed by atoms with van der Waals surface area (Å²) in [6.45, 7) is 9.32. The summed E-state index contributed by atoms with van der Waals surface area (Å²) in [7, 11) is 0. The Bertz CT molecular complexity index is 491. The molecule has 0 saturated heterocycles. The molecule has 0 unspecified atom stereocenters. The number of unbranched alkanes of at least 4 members (excludes halogenated alkanes) is 2. The third kappa shape index (κ3) is 6.97. The number of rotatable bonds is 9. The molecule has 23 heavy (non-hydrogen) atoms. The van der Waals surface area contributed by atoms with Crippen molar-refractivity contribution in [2.75, 3.05) is 0 Å². The molecule has 1 aliphatic rings. The first-order chi connectivity index (χ1) is 10.8. The maximum atomic E-state index is 10.1. The van der Waals surface area contributed by atoms with Gasteiger partial charge in [-0.1, -0.05) is 52.7 Å². The van der Waals surface area contributed by atoms with Gasteiger partial charge in [0, 0.05) is 0 Å². The number of hydrogen-bond acceptors (Lipinski definition) is 1. The minimum absolute atomic E-state index is 0.419. The zero-order valence-corrected chi connectivity index (χ0v) is 15.8. The van der Waals surface area contributed by atoms with Gasteiger partial charge in [0.05, 0.1) is 0 Å². The Morgan fingerprint density at radius 1 is 1.00 bits per heavy atom. The number of phenolic OH excluding ortho intramolecular Hbond substituents is 1. The highest BCUT2D eigenvalue weighted by atomic mass is 16.3. The molecule has 0 heterocycles. The van der Waals surface area contributed by atoms with E-state index < -0.39 is 0 Å². The lowest BCUT2D eigenvalue weighted by Gasteiger charge is -2.17. The van der Waals surface area contributed by atoms with Crippen LogP contribution >= 0.6 is 0 Å². The zero-order chi connectivity index (χ0) is 16.9. The van der Waals surface area contributed by atoms with Crippen LogP contribution in [0.25, 0.3) is 0 Å². The van der Waals surface area contributed by atoms with Gasteiger partial charge in [-0.25, -0.2) is 0 Å². The van der Waals surface area contributed by atoms with Gasteiger partial charge < -0.3 is 5.11 Å². The summed E-state index contributed by atoms with van der Waals surface area (Å²) in [4.78, 5) is 0. The first-order valence-corrected chi connectivity index (χ1v) is 9.58. The van der Waals surface area contributed by atoms with E-state index in [2.05, 4.69) is 39.8 Å². The lowest BCUT2D eigenvalue weighted by atomic mass is 9.89. The Morgan fingerprint density at radius 3 is 2.35 bits per heavy atom. The number of benzene rings is 1. The van der Waals surface area contributed by atoms with Crippen molar-refractivity contribution in [1.29, 1.82) is 0 Å². The molecule has 0 radical (unpaired) electrons. The fourth-order valence-electron chi connectivity index (χ4n) is 3.31. The molecule has 0 atom stereocenters. The van der Waals surface area contributed by atoms with E-state index in [0.717, 1.165) is 18.4 Å². The van der Waals surface area contributed by atoms with Gasteiger partial charge in [0.15, 0.2) is 0 Å². The average molecular weight is 317 g/mol. The van der Waals surface area contributed by atoms with Gasteiger partial charge in [0.2, 0.25) is 0 Å². The van der Waals surface area contributed by atoms with Crippen LogP contribution in [0.2, 0.25) is 0 Å². The van der Waals surface area contributed by atoms with Crippen molar-refractivity contribution in [3.05, 3.63) is 29.3 Å². The zero-order valence-electron chi connectivity index (χ0n) is 15.8. The van der Waals surface area contributed by atoms with Crippen molar-refractivity contribution < 1.29 is 5.11 Å². The van der Waals surface area contributed by atoms with E-state index in [9.17, 15) is 5.11 Å². The van der Waals surface area contributed by atoms with Gasteiger partial charge in [-0.15, -0.1) is 0 Å². The first-order valence-electron chi connectivity index (χ1n) is 9.58. The smallest absolute Gasteiger partial charge is 0.118 e.